The number of nitrogens with two attached hydrogens (primary N) is 1. The molecule has 98 valence electrons. The van der Waals surface area contributed by atoms with Gasteiger partial charge < -0.3 is 16.4 Å². The molecule has 0 spiro atoms. The fourth-order valence-electron chi connectivity index (χ4n) is 2.21. The average molecular weight is 250 g/mol. The lowest BCUT2D eigenvalue weighted by Gasteiger charge is -2.17. The van der Waals surface area contributed by atoms with Crippen LogP contribution in [0.3, 0.4) is 0 Å². The van der Waals surface area contributed by atoms with Crippen molar-refractivity contribution < 1.29 is 4.92 Å². The standard InChI is InChI=1S/C12H18N4O2/c13-11-8-10(3-4-12(11)16(17)18)15-9-2-1-6-14-7-5-9/h3-4,8-9,14-15H,1-2,5-7,13H2. The van der Waals surface area contributed by atoms with E-state index in [1.54, 1.807) is 12.1 Å². The van der Waals surface area contributed by atoms with Crippen molar-refractivity contribution in [2.45, 2.75) is 25.3 Å². The van der Waals surface area contributed by atoms with E-state index in [1.165, 1.54) is 6.07 Å². The molecule has 1 aliphatic rings. The van der Waals surface area contributed by atoms with E-state index >= 15 is 0 Å². The van der Waals surface area contributed by atoms with Gasteiger partial charge in [0.15, 0.2) is 0 Å². The molecule has 2 rings (SSSR count). The first-order valence-electron chi connectivity index (χ1n) is 6.18. The van der Waals surface area contributed by atoms with Gasteiger partial charge >= 0.3 is 0 Å². The van der Waals surface area contributed by atoms with Crippen LogP contribution in [0.25, 0.3) is 0 Å². The van der Waals surface area contributed by atoms with Gasteiger partial charge in [0.1, 0.15) is 5.69 Å². The Balaban J connectivity index is 2.05. The maximum Gasteiger partial charge on any atom is 0.292 e. The van der Waals surface area contributed by atoms with E-state index in [9.17, 15) is 10.1 Å². The number of nitro groups is 1. The Hall–Kier alpha value is -1.82. The van der Waals surface area contributed by atoms with Crippen LogP contribution in [0, 0.1) is 10.1 Å². The molecule has 1 aliphatic heterocycles. The highest BCUT2D eigenvalue weighted by atomic mass is 16.6. The molecule has 4 N–H and O–H groups in total. The summed E-state index contributed by atoms with van der Waals surface area (Å²) < 4.78 is 0. The van der Waals surface area contributed by atoms with E-state index in [0.29, 0.717) is 6.04 Å². The molecule has 6 nitrogen and oxygen atoms in total. The van der Waals surface area contributed by atoms with Gasteiger partial charge in [0.05, 0.1) is 4.92 Å². The van der Waals surface area contributed by atoms with Crippen molar-refractivity contribution in [3.63, 3.8) is 0 Å². The molecule has 1 atom stereocenters. The van der Waals surface area contributed by atoms with Crippen LogP contribution in [0.4, 0.5) is 17.1 Å². The van der Waals surface area contributed by atoms with Crippen LogP contribution in [0.5, 0.6) is 0 Å². The van der Waals surface area contributed by atoms with E-state index in [4.69, 9.17) is 5.73 Å². The topological polar surface area (TPSA) is 93.2 Å². The predicted octanol–water partition coefficient (Wildman–Crippen LogP) is 1.73. The number of nitro benzene ring substituents is 1. The molecular formula is C12H18N4O2. The highest BCUT2D eigenvalue weighted by Crippen LogP contribution is 2.25. The van der Waals surface area contributed by atoms with Crippen molar-refractivity contribution >= 4 is 17.1 Å². The van der Waals surface area contributed by atoms with Crippen LogP contribution in [0.2, 0.25) is 0 Å². The van der Waals surface area contributed by atoms with Crippen molar-refractivity contribution in [1.82, 2.24) is 5.32 Å². The van der Waals surface area contributed by atoms with Crippen molar-refractivity contribution in [3.05, 3.63) is 28.3 Å². The average Bonchev–Trinajstić information content (AvgIpc) is 2.57. The largest absolute Gasteiger partial charge is 0.393 e. The number of nitrogen functional groups attached to an aromatic ring is 1. The Labute approximate surface area is 106 Å². The molecular weight excluding hydrogens is 232 g/mol. The van der Waals surface area contributed by atoms with Crippen molar-refractivity contribution in [1.29, 1.82) is 0 Å². The van der Waals surface area contributed by atoms with Crippen LogP contribution in [0.15, 0.2) is 18.2 Å². The fourth-order valence-corrected chi connectivity index (χ4v) is 2.21. The number of hydrogen-bond donors (Lipinski definition) is 3. The molecule has 1 unspecified atom stereocenters. The number of rotatable bonds is 3. The van der Waals surface area contributed by atoms with Crippen molar-refractivity contribution in [2.24, 2.45) is 0 Å². The predicted molar refractivity (Wildman–Crippen MR) is 71.6 cm³/mol. The van der Waals surface area contributed by atoms with Gasteiger partial charge in [-0.3, -0.25) is 10.1 Å². The van der Waals surface area contributed by atoms with Crippen LogP contribution in [0.1, 0.15) is 19.3 Å². The molecule has 0 aromatic heterocycles. The third kappa shape index (κ3) is 3.10. The summed E-state index contributed by atoms with van der Waals surface area (Å²) >= 11 is 0. The molecule has 1 heterocycles. The first-order valence-corrected chi connectivity index (χ1v) is 6.18. The molecule has 0 bridgehead atoms. The first kappa shape index (κ1) is 12.6. The summed E-state index contributed by atoms with van der Waals surface area (Å²) in [7, 11) is 0. The number of hydrogen-bond acceptors (Lipinski definition) is 5. The van der Waals surface area contributed by atoms with Gasteiger partial charge in [-0.1, -0.05) is 0 Å². The second kappa shape index (κ2) is 5.68. The zero-order chi connectivity index (χ0) is 13.0. The van der Waals surface area contributed by atoms with E-state index < -0.39 is 4.92 Å². The molecule has 1 aromatic carbocycles. The first-order chi connectivity index (χ1) is 8.66. The van der Waals surface area contributed by atoms with E-state index in [0.717, 1.165) is 38.0 Å². The van der Waals surface area contributed by atoms with Gasteiger partial charge in [-0.05, 0) is 44.5 Å². The minimum absolute atomic E-state index is 0.0388. The summed E-state index contributed by atoms with van der Waals surface area (Å²) in [5.41, 5.74) is 6.68. The SMILES string of the molecule is Nc1cc(NC2CCCNCC2)ccc1[N+](=O)[O-]. The molecule has 0 amide bonds. The maximum absolute atomic E-state index is 10.7. The lowest BCUT2D eigenvalue weighted by molar-refractivity contribution is -0.383. The highest BCUT2D eigenvalue weighted by Gasteiger charge is 2.14. The Morgan fingerprint density at radius 1 is 1.39 bits per heavy atom. The van der Waals surface area contributed by atoms with E-state index in [-0.39, 0.29) is 11.4 Å². The summed E-state index contributed by atoms with van der Waals surface area (Å²) in [6.07, 6.45) is 3.29. The van der Waals surface area contributed by atoms with Gasteiger partial charge in [0, 0.05) is 17.8 Å². The van der Waals surface area contributed by atoms with Crippen molar-refractivity contribution in [2.75, 3.05) is 24.1 Å². The number of benzene rings is 1. The van der Waals surface area contributed by atoms with E-state index in [1.807, 2.05) is 0 Å². The van der Waals surface area contributed by atoms with Crippen molar-refractivity contribution in [3.8, 4) is 0 Å². The number of anilines is 2. The number of nitrogens with zero attached hydrogens (tertiary/aromatic N) is 1. The Morgan fingerprint density at radius 3 is 2.94 bits per heavy atom. The Kier molecular flexibility index (Phi) is 3.99. The van der Waals surface area contributed by atoms with Gasteiger partial charge in [-0.25, -0.2) is 0 Å². The van der Waals surface area contributed by atoms with Crippen LogP contribution < -0.4 is 16.4 Å². The van der Waals surface area contributed by atoms with E-state index in [2.05, 4.69) is 10.6 Å². The quantitative estimate of drug-likeness (QED) is 0.431. The van der Waals surface area contributed by atoms with Crippen LogP contribution in [-0.4, -0.2) is 24.1 Å². The molecule has 6 heteroatoms. The van der Waals surface area contributed by atoms with Gasteiger partial charge in [0.25, 0.3) is 5.69 Å². The summed E-state index contributed by atoms with van der Waals surface area (Å²) in [5, 5.41) is 17.4. The minimum Gasteiger partial charge on any atom is -0.393 e. The van der Waals surface area contributed by atoms with Gasteiger partial charge in [-0.2, -0.15) is 0 Å². The molecule has 1 aromatic rings. The maximum atomic E-state index is 10.7. The normalized spacial score (nSPS) is 20.1. The minimum atomic E-state index is -0.464. The summed E-state index contributed by atoms with van der Waals surface area (Å²) in [5.74, 6) is 0. The molecule has 0 saturated carbocycles. The fraction of sp³-hybridized carbons (Fsp3) is 0.500. The Morgan fingerprint density at radius 2 is 2.22 bits per heavy atom. The molecule has 1 fully saturated rings. The second-order valence-corrected chi connectivity index (χ2v) is 4.55. The lowest BCUT2D eigenvalue weighted by atomic mass is 10.1. The zero-order valence-corrected chi connectivity index (χ0v) is 10.2. The van der Waals surface area contributed by atoms with Gasteiger partial charge in [-0.15, -0.1) is 0 Å². The molecule has 0 radical (unpaired) electrons. The smallest absolute Gasteiger partial charge is 0.292 e. The summed E-state index contributed by atoms with van der Waals surface area (Å²) in [6, 6.07) is 5.21. The second-order valence-electron chi connectivity index (χ2n) is 4.55. The molecule has 1 saturated heterocycles. The van der Waals surface area contributed by atoms with Crippen LogP contribution in [-0.2, 0) is 0 Å². The summed E-state index contributed by atoms with van der Waals surface area (Å²) in [6.45, 7) is 2.06. The van der Waals surface area contributed by atoms with Crippen LogP contribution >= 0.6 is 0 Å². The molecule has 0 aliphatic carbocycles. The highest BCUT2D eigenvalue weighted by molar-refractivity contribution is 5.66. The Bertz CT molecular complexity index is 428. The zero-order valence-electron chi connectivity index (χ0n) is 10.2. The molecule has 18 heavy (non-hydrogen) atoms. The number of nitrogens with one attached hydrogen (secondary N) is 2. The monoisotopic (exact) mass is 250 g/mol. The third-order valence-electron chi connectivity index (χ3n) is 3.17. The van der Waals surface area contributed by atoms with Gasteiger partial charge in [0.2, 0.25) is 0 Å². The lowest BCUT2D eigenvalue weighted by Crippen LogP contribution is -2.21. The third-order valence-corrected chi connectivity index (χ3v) is 3.17. The summed E-state index contributed by atoms with van der Waals surface area (Å²) in [4.78, 5) is 10.2.